The van der Waals surface area contributed by atoms with Crippen molar-refractivity contribution in [3.8, 4) is 0 Å². The number of carbonyl (C=O) groups excluding carboxylic acids is 1. The molecule has 1 atom stereocenters. The van der Waals surface area contributed by atoms with Crippen molar-refractivity contribution in [3.05, 3.63) is 30.2 Å². The van der Waals surface area contributed by atoms with E-state index in [1.54, 1.807) is 25.2 Å². The second-order valence-electron chi connectivity index (χ2n) is 3.30. The van der Waals surface area contributed by atoms with E-state index in [-0.39, 0.29) is 5.91 Å². The van der Waals surface area contributed by atoms with E-state index in [1.165, 1.54) is 6.39 Å². The highest BCUT2D eigenvalue weighted by Crippen LogP contribution is 2.18. The van der Waals surface area contributed by atoms with Gasteiger partial charge in [0.05, 0.1) is 0 Å². The highest BCUT2D eigenvalue weighted by Gasteiger charge is 2.15. The number of hydrogen-bond donors (Lipinski definition) is 3. The first-order chi connectivity index (χ1) is 7.72. The third-order valence-electron chi connectivity index (χ3n) is 2.25. The van der Waals surface area contributed by atoms with Crippen molar-refractivity contribution in [3.63, 3.8) is 0 Å². The number of nitrogens with one attached hydrogen (secondary N) is 2. The molecule has 16 heavy (non-hydrogen) atoms. The van der Waals surface area contributed by atoms with Crippen LogP contribution in [-0.4, -0.2) is 17.9 Å². The second-order valence-corrected chi connectivity index (χ2v) is 3.30. The fourth-order valence-corrected chi connectivity index (χ4v) is 1.42. The molecule has 1 unspecified atom stereocenters. The van der Waals surface area contributed by atoms with Gasteiger partial charge in [-0.05, 0) is 17.7 Å². The minimum absolute atomic E-state index is 0.304. The lowest BCUT2D eigenvalue weighted by molar-refractivity contribution is -0.123. The summed E-state index contributed by atoms with van der Waals surface area (Å²) >= 11 is 0. The standard InChI is InChI=1S/C10H12N4O2/c1-12-14-10(15)9(11)6-2-3-7-8(4-6)16-5-13-7/h2-5,9,12H,11H2,1H3,(H,14,15). The highest BCUT2D eigenvalue weighted by molar-refractivity contribution is 5.84. The molecule has 0 aliphatic carbocycles. The zero-order valence-corrected chi connectivity index (χ0v) is 8.73. The summed E-state index contributed by atoms with van der Waals surface area (Å²) in [7, 11) is 1.60. The minimum atomic E-state index is -0.734. The number of benzene rings is 1. The zero-order chi connectivity index (χ0) is 11.5. The Morgan fingerprint density at radius 3 is 3.12 bits per heavy atom. The van der Waals surface area contributed by atoms with Gasteiger partial charge >= 0.3 is 0 Å². The molecule has 1 aromatic carbocycles. The number of nitrogens with zero attached hydrogens (tertiary/aromatic N) is 1. The van der Waals surface area contributed by atoms with Crippen molar-refractivity contribution in [1.82, 2.24) is 15.8 Å². The van der Waals surface area contributed by atoms with Crippen molar-refractivity contribution >= 4 is 17.0 Å². The lowest BCUT2D eigenvalue weighted by Crippen LogP contribution is -2.40. The normalized spacial score (nSPS) is 12.6. The van der Waals surface area contributed by atoms with Crippen LogP contribution in [0.25, 0.3) is 11.1 Å². The van der Waals surface area contributed by atoms with E-state index in [0.717, 1.165) is 5.52 Å². The first-order valence-electron chi connectivity index (χ1n) is 4.77. The van der Waals surface area contributed by atoms with E-state index in [2.05, 4.69) is 15.8 Å². The summed E-state index contributed by atoms with van der Waals surface area (Å²) in [5, 5.41) is 0. The molecule has 0 bridgehead atoms. The van der Waals surface area contributed by atoms with Crippen molar-refractivity contribution in [1.29, 1.82) is 0 Å². The largest absolute Gasteiger partial charge is 0.443 e. The SMILES string of the molecule is CNNC(=O)C(N)c1ccc2ncoc2c1. The molecule has 4 N–H and O–H groups in total. The van der Waals surface area contributed by atoms with Gasteiger partial charge in [0.1, 0.15) is 11.6 Å². The van der Waals surface area contributed by atoms with Crippen LogP contribution in [0.15, 0.2) is 29.0 Å². The summed E-state index contributed by atoms with van der Waals surface area (Å²) in [6.07, 6.45) is 1.35. The lowest BCUT2D eigenvalue weighted by atomic mass is 10.1. The van der Waals surface area contributed by atoms with Crippen LogP contribution in [0, 0.1) is 0 Å². The molecule has 1 amide bonds. The number of fused-ring (bicyclic) bond motifs is 1. The molecule has 6 heteroatoms. The summed E-state index contributed by atoms with van der Waals surface area (Å²) in [6, 6.07) is 4.50. The molecule has 0 spiro atoms. The highest BCUT2D eigenvalue weighted by atomic mass is 16.3. The van der Waals surface area contributed by atoms with Crippen LogP contribution in [0.1, 0.15) is 11.6 Å². The van der Waals surface area contributed by atoms with Gasteiger partial charge in [-0.25, -0.2) is 10.4 Å². The molecule has 2 aromatic rings. The maximum absolute atomic E-state index is 11.5. The van der Waals surface area contributed by atoms with Crippen LogP contribution in [0.5, 0.6) is 0 Å². The van der Waals surface area contributed by atoms with Gasteiger partial charge in [0.2, 0.25) is 0 Å². The Hall–Kier alpha value is -1.92. The van der Waals surface area contributed by atoms with E-state index >= 15 is 0 Å². The quantitative estimate of drug-likeness (QED) is 0.637. The van der Waals surface area contributed by atoms with Gasteiger partial charge in [-0.15, -0.1) is 0 Å². The predicted octanol–water partition coefficient (Wildman–Crippen LogP) is 0.0782. The molecule has 0 aliphatic rings. The summed E-state index contributed by atoms with van der Waals surface area (Å²) in [4.78, 5) is 15.5. The molecule has 0 saturated heterocycles. The third kappa shape index (κ3) is 1.88. The van der Waals surface area contributed by atoms with Gasteiger partial charge in [-0.1, -0.05) is 6.07 Å². The fourth-order valence-electron chi connectivity index (χ4n) is 1.42. The van der Waals surface area contributed by atoms with E-state index in [9.17, 15) is 4.79 Å². The summed E-state index contributed by atoms with van der Waals surface area (Å²) in [5.74, 6) is -0.304. The molecule has 0 radical (unpaired) electrons. The molecule has 2 rings (SSSR count). The molecule has 6 nitrogen and oxygen atoms in total. The van der Waals surface area contributed by atoms with E-state index in [0.29, 0.717) is 11.1 Å². The molecule has 84 valence electrons. The molecule has 0 fully saturated rings. The van der Waals surface area contributed by atoms with Crippen molar-refractivity contribution in [2.75, 3.05) is 7.05 Å². The van der Waals surface area contributed by atoms with Gasteiger partial charge in [-0.2, -0.15) is 0 Å². The lowest BCUT2D eigenvalue weighted by Gasteiger charge is -2.11. The number of hydrogen-bond acceptors (Lipinski definition) is 5. The molecule has 1 aromatic heterocycles. The smallest absolute Gasteiger partial charge is 0.255 e. The predicted molar refractivity (Wildman–Crippen MR) is 58.1 cm³/mol. The van der Waals surface area contributed by atoms with Gasteiger partial charge in [0.25, 0.3) is 5.91 Å². The topological polar surface area (TPSA) is 93.2 Å². The summed E-state index contributed by atoms with van der Waals surface area (Å²) in [6.45, 7) is 0. The van der Waals surface area contributed by atoms with Crippen molar-refractivity contribution < 1.29 is 9.21 Å². The van der Waals surface area contributed by atoms with Crippen molar-refractivity contribution in [2.45, 2.75) is 6.04 Å². The summed E-state index contributed by atoms with van der Waals surface area (Å²) in [5.41, 5.74) is 12.8. The Bertz CT molecular complexity index is 508. The van der Waals surface area contributed by atoms with Gasteiger partial charge in [0, 0.05) is 7.05 Å². The molecule has 0 saturated carbocycles. The number of hydrazine groups is 1. The van der Waals surface area contributed by atoms with Crippen LogP contribution >= 0.6 is 0 Å². The number of carbonyl (C=O) groups is 1. The minimum Gasteiger partial charge on any atom is -0.443 e. The Morgan fingerprint density at radius 1 is 1.56 bits per heavy atom. The maximum Gasteiger partial charge on any atom is 0.255 e. The number of oxazole rings is 1. The maximum atomic E-state index is 11.5. The van der Waals surface area contributed by atoms with Crippen LogP contribution in [0.2, 0.25) is 0 Å². The number of nitrogens with two attached hydrogens (primary N) is 1. The fraction of sp³-hybridized carbons (Fsp3) is 0.200. The first-order valence-corrected chi connectivity index (χ1v) is 4.77. The van der Waals surface area contributed by atoms with Crippen LogP contribution in [0.3, 0.4) is 0 Å². The van der Waals surface area contributed by atoms with E-state index < -0.39 is 6.04 Å². The van der Waals surface area contributed by atoms with Gasteiger partial charge in [0.15, 0.2) is 12.0 Å². The molecular weight excluding hydrogens is 208 g/mol. The first kappa shape index (κ1) is 10.6. The zero-order valence-electron chi connectivity index (χ0n) is 8.73. The third-order valence-corrected chi connectivity index (χ3v) is 2.25. The molecular formula is C10H12N4O2. The number of aromatic nitrogens is 1. The van der Waals surface area contributed by atoms with Crippen LogP contribution in [-0.2, 0) is 4.79 Å². The number of rotatable bonds is 3. The second kappa shape index (κ2) is 4.30. The van der Waals surface area contributed by atoms with Gasteiger partial charge < -0.3 is 10.2 Å². The van der Waals surface area contributed by atoms with E-state index in [1.807, 2.05) is 0 Å². The summed E-state index contributed by atoms with van der Waals surface area (Å²) < 4.78 is 5.13. The van der Waals surface area contributed by atoms with E-state index in [4.69, 9.17) is 10.2 Å². The Kier molecular flexibility index (Phi) is 2.84. The molecule has 0 aliphatic heterocycles. The molecule has 1 heterocycles. The Labute approximate surface area is 91.8 Å². The number of amides is 1. The monoisotopic (exact) mass is 220 g/mol. The Balaban J connectivity index is 2.28. The van der Waals surface area contributed by atoms with Crippen LogP contribution < -0.4 is 16.6 Å². The van der Waals surface area contributed by atoms with Crippen molar-refractivity contribution in [2.24, 2.45) is 5.73 Å². The van der Waals surface area contributed by atoms with Crippen LogP contribution in [0.4, 0.5) is 0 Å². The average molecular weight is 220 g/mol. The van der Waals surface area contributed by atoms with Gasteiger partial charge in [-0.3, -0.25) is 10.2 Å². The average Bonchev–Trinajstić information content (AvgIpc) is 2.75. The Morgan fingerprint density at radius 2 is 2.38 bits per heavy atom.